The van der Waals surface area contributed by atoms with Crippen LogP contribution in [0.3, 0.4) is 0 Å². The highest BCUT2D eigenvalue weighted by Gasteiger charge is 2.32. The van der Waals surface area contributed by atoms with Crippen molar-refractivity contribution in [1.29, 1.82) is 0 Å². The molecule has 2 N–H and O–H groups in total. The number of hydrogen-bond donors (Lipinski definition) is 2. The van der Waals surface area contributed by atoms with E-state index in [1.165, 1.54) is 4.31 Å². The molecule has 2 aliphatic rings. The van der Waals surface area contributed by atoms with Gasteiger partial charge in [-0.2, -0.15) is 4.31 Å². The average molecular weight is 391 g/mol. The first-order valence-electron chi connectivity index (χ1n) is 9.50. The minimum atomic E-state index is -3.31. The van der Waals surface area contributed by atoms with Gasteiger partial charge in [-0.3, -0.25) is 4.79 Å². The Kier molecular flexibility index (Phi) is 4.67. The summed E-state index contributed by atoms with van der Waals surface area (Å²) in [6.45, 7) is 4.18. The molecule has 1 aliphatic carbocycles. The van der Waals surface area contributed by atoms with Crippen molar-refractivity contribution < 1.29 is 13.2 Å². The van der Waals surface area contributed by atoms with E-state index in [2.05, 4.69) is 20.3 Å². The maximum Gasteiger partial charge on any atom is 0.255 e. The molecule has 4 rings (SSSR count). The van der Waals surface area contributed by atoms with Crippen LogP contribution in [0.25, 0.3) is 11.2 Å². The van der Waals surface area contributed by atoms with Crippen LogP contribution in [-0.4, -0.2) is 58.0 Å². The van der Waals surface area contributed by atoms with Crippen molar-refractivity contribution in [2.24, 2.45) is 0 Å². The molecule has 0 aromatic carbocycles. The van der Waals surface area contributed by atoms with Crippen LogP contribution in [0.4, 0.5) is 0 Å². The molecule has 1 atom stereocenters. The second-order valence-electron chi connectivity index (χ2n) is 7.73. The Morgan fingerprint density at radius 2 is 2.11 bits per heavy atom. The molecule has 0 radical (unpaired) electrons. The number of H-pyrrole nitrogens is 1. The Morgan fingerprint density at radius 3 is 2.81 bits per heavy atom. The predicted octanol–water partition coefficient (Wildman–Crippen LogP) is 1.77. The van der Waals surface area contributed by atoms with Gasteiger partial charge in [0.15, 0.2) is 5.65 Å². The van der Waals surface area contributed by atoms with Crippen molar-refractivity contribution in [2.75, 3.05) is 13.1 Å². The van der Waals surface area contributed by atoms with Crippen molar-refractivity contribution in [2.45, 2.75) is 56.7 Å². The minimum Gasteiger partial charge on any atom is -0.348 e. The molecule has 1 saturated carbocycles. The van der Waals surface area contributed by atoms with E-state index in [0.29, 0.717) is 35.7 Å². The maximum atomic E-state index is 12.8. The molecule has 9 heteroatoms. The van der Waals surface area contributed by atoms with Crippen molar-refractivity contribution in [1.82, 2.24) is 24.6 Å². The fourth-order valence-electron chi connectivity index (χ4n) is 3.51. The predicted molar refractivity (Wildman–Crippen MR) is 102 cm³/mol. The Bertz CT molecular complexity index is 965. The van der Waals surface area contributed by atoms with Crippen LogP contribution >= 0.6 is 0 Å². The summed E-state index contributed by atoms with van der Waals surface area (Å²) in [5, 5.41) is 2.52. The Balaban J connectivity index is 1.50. The number of nitrogens with zero attached hydrogens (tertiary/aromatic N) is 3. The maximum absolute atomic E-state index is 12.8. The number of aromatic amines is 1. The number of aromatic nitrogens is 3. The second-order valence-corrected chi connectivity index (χ2v) is 10.2. The van der Waals surface area contributed by atoms with Gasteiger partial charge in [-0.15, -0.1) is 0 Å². The topological polar surface area (TPSA) is 108 Å². The molecule has 0 bridgehead atoms. The lowest BCUT2D eigenvalue weighted by atomic mass is 10.1. The van der Waals surface area contributed by atoms with Crippen LogP contribution < -0.4 is 5.32 Å². The normalized spacial score (nSPS) is 21.7. The summed E-state index contributed by atoms with van der Waals surface area (Å²) >= 11 is 0. The molecule has 2 aromatic heterocycles. The molecular formula is C18H25N5O3S. The summed E-state index contributed by atoms with van der Waals surface area (Å²) in [5.41, 5.74) is 2.57. The zero-order chi connectivity index (χ0) is 19.2. The smallest absolute Gasteiger partial charge is 0.255 e. The van der Waals surface area contributed by atoms with Gasteiger partial charge >= 0.3 is 0 Å². The number of nitrogens with one attached hydrogen (secondary N) is 2. The largest absolute Gasteiger partial charge is 0.348 e. The van der Waals surface area contributed by atoms with E-state index in [-0.39, 0.29) is 11.9 Å². The van der Waals surface area contributed by atoms with E-state index in [1.54, 1.807) is 26.2 Å². The SMILES string of the molecule is CC(C)S(=O)(=O)N1CCCC(NC(=O)c2c[nH]c3ncc(C4CC4)nc23)C1. The lowest BCUT2D eigenvalue weighted by Gasteiger charge is -2.33. The van der Waals surface area contributed by atoms with E-state index in [9.17, 15) is 13.2 Å². The summed E-state index contributed by atoms with van der Waals surface area (Å²) in [5.74, 6) is 0.221. The molecular weight excluding hydrogens is 366 g/mol. The number of rotatable bonds is 5. The lowest BCUT2D eigenvalue weighted by molar-refractivity contribution is 0.0923. The first-order chi connectivity index (χ1) is 12.9. The molecule has 1 amide bonds. The Labute approximate surface area is 158 Å². The number of carbonyl (C=O) groups excluding carboxylic acids is 1. The molecule has 2 fully saturated rings. The van der Waals surface area contributed by atoms with E-state index in [1.807, 2.05) is 0 Å². The van der Waals surface area contributed by atoms with Gasteiger partial charge in [-0.25, -0.2) is 18.4 Å². The Hall–Kier alpha value is -2.00. The standard InChI is InChI=1S/C18H25N5O3S/c1-11(2)27(25,26)23-7-3-4-13(10-23)21-18(24)14-8-19-17-16(14)22-15(9-20-17)12-5-6-12/h8-9,11-13H,3-7,10H2,1-2H3,(H,19,20)(H,21,24). The number of sulfonamides is 1. The van der Waals surface area contributed by atoms with Crippen LogP contribution in [-0.2, 0) is 10.0 Å². The minimum absolute atomic E-state index is 0.204. The van der Waals surface area contributed by atoms with Gasteiger partial charge in [-0.05, 0) is 39.5 Å². The molecule has 2 aromatic rings. The highest BCUT2D eigenvalue weighted by atomic mass is 32.2. The van der Waals surface area contributed by atoms with Crippen LogP contribution in [0.5, 0.6) is 0 Å². The molecule has 1 unspecified atom stereocenters. The molecule has 1 aliphatic heterocycles. The molecule has 27 heavy (non-hydrogen) atoms. The monoisotopic (exact) mass is 391 g/mol. The Morgan fingerprint density at radius 1 is 1.33 bits per heavy atom. The van der Waals surface area contributed by atoms with Gasteiger partial charge < -0.3 is 10.3 Å². The third kappa shape index (κ3) is 3.58. The van der Waals surface area contributed by atoms with E-state index in [4.69, 9.17) is 0 Å². The van der Waals surface area contributed by atoms with Crippen molar-refractivity contribution >= 4 is 27.1 Å². The highest BCUT2D eigenvalue weighted by molar-refractivity contribution is 7.89. The molecule has 0 spiro atoms. The summed E-state index contributed by atoms with van der Waals surface area (Å²) in [7, 11) is -3.31. The summed E-state index contributed by atoms with van der Waals surface area (Å²) in [4.78, 5) is 24.8. The molecule has 3 heterocycles. The van der Waals surface area contributed by atoms with Gasteiger partial charge in [0.2, 0.25) is 10.0 Å². The van der Waals surface area contributed by atoms with Crippen LogP contribution in [0.1, 0.15) is 61.5 Å². The number of amides is 1. The molecule has 8 nitrogen and oxygen atoms in total. The van der Waals surface area contributed by atoms with Crippen LogP contribution in [0.15, 0.2) is 12.4 Å². The van der Waals surface area contributed by atoms with Crippen molar-refractivity contribution in [3.8, 4) is 0 Å². The number of hydrogen-bond acceptors (Lipinski definition) is 5. The van der Waals surface area contributed by atoms with Gasteiger partial charge in [-0.1, -0.05) is 0 Å². The molecule has 146 valence electrons. The first-order valence-corrected chi connectivity index (χ1v) is 11.0. The van der Waals surface area contributed by atoms with Crippen LogP contribution in [0.2, 0.25) is 0 Å². The zero-order valence-corrected chi connectivity index (χ0v) is 16.4. The number of carbonyl (C=O) groups is 1. The first kappa shape index (κ1) is 18.4. The molecule has 1 saturated heterocycles. The highest BCUT2D eigenvalue weighted by Crippen LogP contribution is 2.39. The van der Waals surface area contributed by atoms with Crippen molar-refractivity contribution in [3.63, 3.8) is 0 Å². The van der Waals surface area contributed by atoms with E-state index >= 15 is 0 Å². The van der Waals surface area contributed by atoms with Gasteiger partial charge in [0.1, 0.15) is 5.52 Å². The van der Waals surface area contributed by atoms with E-state index in [0.717, 1.165) is 31.4 Å². The summed E-state index contributed by atoms with van der Waals surface area (Å²) < 4.78 is 26.3. The lowest BCUT2D eigenvalue weighted by Crippen LogP contribution is -2.51. The fraction of sp³-hybridized carbons (Fsp3) is 0.611. The van der Waals surface area contributed by atoms with Gasteiger partial charge in [0, 0.05) is 31.2 Å². The van der Waals surface area contributed by atoms with Gasteiger partial charge in [0.25, 0.3) is 5.91 Å². The number of piperidine rings is 1. The second kappa shape index (κ2) is 6.87. The fourth-order valence-corrected chi connectivity index (χ4v) is 4.87. The quantitative estimate of drug-likeness (QED) is 0.807. The third-order valence-electron chi connectivity index (χ3n) is 5.31. The number of fused-ring (bicyclic) bond motifs is 1. The van der Waals surface area contributed by atoms with Crippen LogP contribution in [0, 0.1) is 0 Å². The summed E-state index contributed by atoms with van der Waals surface area (Å²) in [6.07, 6.45) is 7.13. The van der Waals surface area contributed by atoms with Gasteiger partial charge in [0.05, 0.1) is 22.7 Å². The van der Waals surface area contributed by atoms with E-state index < -0.39 is 15.3 Å². The zero-order valence-electron chi connectivity index (χ0n) is 15.6. The average Bonchev–Trinajstić information content (AvgIpc) is 3.40. The summed E-state index contributed by atoms with van der Waals surface area (Å²) in [6, 6.07) is -0.204. The third-order valence-corrected chi connectivity index (χ3v) is 7.56. The van der Waals surface area contributed by atoms with Crippen molar-refractivity contribution in [3.05, 3.63) is 23.7 Å².